The van der Waals surface area contributed by atoms with Crippen molar-refractivity contribution in [2.75, 3.05) is 11.1 Å². The first-order valence-electron chi connectivity index (χ1n) is 3.77. The summed E-state index contributed by atoms with van der Waals surface area (Å²) >= 11 is 0. The van der Waals surface area contributed by atoms with Crippen LogP contribution in [0.25, 0.3) is 0 Å². The fourth-order valence-electron chi connectivity index (χ4n) is 0.839. The fraction of sp³-hybridized carbons (Fsp3) is 0.111. The molecule has 0 aromatic heterocycles. The maximum atomic E-state index is 5.68. The summed E-state index contributed by atoms with van der Waals surface area (Å²) in [5.41, 5.74) is 12.8. The fourth-order valence-corrected chi connectivity index (χ4v) is 0.839. The second-order valence-corrected chi connectivity index (χ2v) is 2.46. The van der Waals surface area contributed by atoms with Gasteiger partial charge >= 0.3 is 0 Å². The van der Waals surface area contributed by atoms with Crippen LogP contribution in [-0.4, -0.2) is 0 Å². The Hall–Kier alpha value is -1.64. The summed E-state index contributed by atoms with van der Waals surface area (Å²) in [6, 6.07) is 7.49. The first kappa shape index (κ1) is 8.46. The molecule has 1 aromatic carbocycles. The lowest BCUT2D eigenvalue weighted by Crippen LogP contribution is -2.09. The van der Waals surface area contributed by atoms with E-state index in [1.165, 1.54) is 0 Å². The Morgan fingerprint density at radius 3 is 2.67 bits per heavy atom. The molecule has 1 rings (SSSR count). The minimum Gasteiger partial charge on any atom is -0.397 e. The van der Waals surface area contributed by atoms with E-state index in [1.54, 1.807) is 6.08 Å². The van der Waals surface area contributed by atoms with E-state index in [2.05, 4.69) is 5.32 Å². The highest BCUT2D eigenvalue weighted by Crippen LogP contribution is 2.17. The minimum atomic E-state index is 0.605. The highest BCUT2D eigenvalue weighted by molar-refractivity contribution is 5.67. The second kappa shape index (κ2) is 3.67. The third kappa shape index (κ3) is 1.92. The first-order chi connectivity index (χ1) is 5.74. The number of nitrogen functional groups attached to an aromatic ring is 1. The van der Waals surface area contributed by atoms with E-state index in [0.717, 1.165) is 5.69 Å². The van der Waals surface area contributed by atoms with Gasteiger partial charge < -0.3 is 16.8 Å². The van der Waals surface area contributed by atoms with Crippen LogP contribution < -0.4 is 16.8 Å². The van der Waals surface area contributed by atoms with Crippen molar-refractivity contribution in [1.29, 1.82) is 0 Å². The van der Waals surface area contributed by atoms with Gasteiger partial charge in [-0.15, -0.1) is 0 Å². The number of para-hydroxylation sites is 2. The average molecular weight is 163 g/mol. The molecule has 0 bridgehead atoms. The van der Waals surface area contributed by atoms with Gasteiger partial charge in [0.15, 0.2) is 0 Å². The smallest absolute Gasteiger partial charge is 0.0961 e. The number of benzene rings is 1. The zero-order valence-electron chi connectivity index (χ0n) is 7.04. The van der Waals surface area contributed by atoms with Gasteiger partial charge in [-0.1, -0.05) is 12.1 Å². The van der Waals surface area contributed by atoms with Gasteiger partial charge in [-0.3, -0.25) is 0 Å². The van der Waals surface area contributed by atoms with E-state index in [0.29, 0.717) is 11.5 Å². The summed E-state index contributed by atoms with van der Waals surface area (Å²) < 4.78 is 0. The van der Waals surface area contributed by atoms with Gasteiger partial charge in [-0.2, -0.15) is 0 Å². The molecule has 5 N–H and O–H groups in total. The molecule has 1 aromatic rings. The van der Waals surface area contributed by atoms with Crippen molar-refractivity contribution < 1.29 is 0 Å². The quantitative estimate of drug-likeness (QED) is 0.579. The van der Waals surface area contributed by atoms with E-state index in [4.69, 9.17) is 11.5 Å². The average Bonchev–Trinajstić information content (AvgIpc) is 2.09. The molecule has 0 unspecified atom stereocenters. The zero-order chi connectivity index (χ0) is 8.97. The molecule has 12 heavy (non-hydrogen) atoms. The van der Waals surface area contributed by atoms with E-state index < -0.39 is 0 Å². The van der Waals surface area contributed by atoms with Crippen molar-refractivity contribution in [2.45, 2.75) is 6.92 Å². The van der Waals surface area contributed by atoms with Crippen molar-refractivity contribution in [2.24, 2.45) is 5.73 Å². The van der Waals surface area contributed by atoms with E-state index in [1.807, 2.05) is 31.2 Å². The Labute approximate surface area is 72.1 Å². The summed E-state index contributed by atoms with van der Waals surface area (Å²) in [5, 5.41) is 2.97. The van der Waals surface area contributed by atoms with Crippen LogP contribution in [0.2, 0.25) is 0 Å². The SMILES string of the molecule is C/C=C(\N)Nc1ccccc1N. The van der Waals surface area contributed by atoms with Crippen LogP contribution in [0.1, 0.15) is 6.92 Å². The summed E-state index contributed by atoms with van der Waals surface area (Å²) in [6.45, 7) is 1.86. The Morgan fingerprint density at radius 2 is 2.08 bits per heavy atom. The van der Waals surface area contributed by atoms with Crippen LogP contribution in [-0.2, 0) is 0 Å². The molecule has 0 aliphatic rings. The summed E-state index contributed by atoms with van der Waals surface area (Å²) in [5.74, 6) is 0.605. The van der Waals surface area contributed by atoms with Gasteiger partial charge in [0.05, 0.1) is 17.2 Å². The molecule has 0 atom stereocenters. The molecule has 0 spiro atoms. The summed E-state index contributed by atoms with van der Waals surface area (Å²) in [4.78, 5) is 0. The van der Waals surface area contributed by atoms with Crippen molar-refractivity contribution in [3.8, 4) is 0 Å². The number of anilines is 2. The van der Waals surface area contributed by atoms with Crippen LogP contribution in [0.15, 0.2) is 36.2 Å². The lowest BCUT2D eigenvalue weighted by Gasteiger charge is -2.07. The molecule has 0 radical (unpaired) electrons. The number of rotatable bonds is 2. The molecule has 3 nitrogen and oxygen atoms in total. The monoisotopic (exact) mass is 163 g/mol. The van der Waals surface area contributed by atoms with E-state index in [-0.39, 0.29) is 0 Å². The first-order valence-corrected chi connectivity index (χ1v) is 3.77. The van der Waals surface area contributed by atoms with E-state index in [9.17, 15) is 0 Å². The van der Waals surface area contributed by atoms with E-state index >= 15 is 0 Å². The third-order valence-electron chi connectivity index (χ3n) is 1.55. The van der Waals surface area contributed by atoms with Gasteiger partial charge in [0.1, 0.15) is 0 Å². The summed E-state index contributed by atoms with van der Waals surface area (Å²) in [6.07, 6.45) is 1.78. The van der Waals surface area contributed by atoms with Crippen molar-refractivity contribution >= 4 is 11.4 Å². The third-order valence-corrected chi connectivity index (χ3v) is 1.55. The van der Waals surface area contributed by atoms with Crippen LogP contribution >= 0.6 is 0 Å². The molecular formula is C9H13N3. The predicted octanol–water partition coefficient (Wildman–Crippen LogP) is 1.50. The topological polar surface area (TPSA) is 64.1 Å². The second-order valence-electron chi connectivity index (χ2n) is 2.46. The maximum Gasteiger partial charge on any atom is 0.0961 e. The molecule has 0 aliphatic heterocycles. The lowest BCUT2D eigenvalue weighted by molar-refractivity contribution is 1.29. The van der Waals surface area contributed by atoms with Gasteiger partial charge in [0.2, 0.25) is 0 Å². The molecular weight excluding hydrogens is 150 g/mol. The maximum absolute atomic E-state index is 5.68. The van der Waals surface area contributed by atoms with Gasteiger partial charge in [0, 0.05) is 0 Å². The molecule has 0 aliphatic carbocycles. The molecule has 0 fully saturated rings. The normalized spacial score (nSPS) is 11.2. The molecule has 64 valence electrons. The van der Waals surface area contributed by atoms with Crippen LogP contribution in [0.5, 0.6) is 0 Å². The number of allylic oxidation sites excluding steroid dienone is 1. The Morgan fingerprint density at radius 1 is 1.42 bits per heavy atom. The lowest BCUT2D eigenvalue weighted by atomic mass is 10.3. The highest BCUT2D eigenvalue weighted by atomic mass is 15.0. The number of hydrogen-bond donors (Lipinski definition) is 3. The molecule has 3 heteroatoms. The van der Waals surface area contributed by atoms with Crippen LogP contribution in [0, 0.1) is 0 Å². The number of nitrogens with one attached hydrogen (secondary N) is 1. The van der Waals surface area contributed by atoms with Crippen molar-refractivity contribution in [1.82, 2.24) is 0 Å². The standard InChI is InChI=1S/C9H13N3/c1-2-9(11)12-8-6-4-3-5-7(8)10/h2-6,12H,10-11H2,1H3/b9-2+. The van der Waals surface area contributed by atoms with Crippen LogP contribution in [0.4, 0.5) is 11.4 Å². The Kier molecular flexibility index (Phi) is 2.58. The Balaban J connectivity index is 2.82. The Bertz CT molecular complexity index is 292. The van der Waals surface area contributed by atoms with Gasteiger partial charge in [-0.05, 0) is 25.1 Å². The van der Waals surface area contributed by atoms with Gasteiger partial charge in [0.25, 0.3) is 0 Å². The molecule has 0 saturated carbocycles. The molecule has 0 saturated heterocycles. The summed E-state index contributed by atoms with van der Waals surface area (Å²) in [7, 11) is 0. The van der Waals surface area contributed by atoms with Gasteiger partial charge in [-0.25, -0.2) is 0 Å². The highest BCUT2D eigenvalue weighted by Gasteiger charge is 1.95. The van der Waals surface area contributed by atoms with Crippen molar-refractivity contribution in [3.63, 3.8) is 0 Å². The zero-order valence-corrected chi connectivity index (χ0v) is 7.04. The number of hydrogen-bond acceptors (Lipinski definition) is 3. The minimum absolute atomic E-state index is 0.605. The van der Waals surface area contributed by atoms with Crippen LogP contribution in [0.3, 0.4) is 0 Å². The molecule has 0 amide bonds. The number of nitrogens with two attached hydrogens (primary N) is 2. The largest absolute Gasteiger partial charge is 0.397 e. The van der Waals surface area contributed by atoms with Crippen molar-refractivity contribution in [3.05, 3.63) is 36.2 Å². The predicted molar refractivity (Wildman–Crippen MR) is 52.4 cm³/mol. The molecule has 0 heterocycles.